The Kier molecular flexibility index (Phi) is 3.84. The Balaban J connectivity index is 2.32. The zero-order chi connectivity index (χ0) is 14.9. The van der Waals surface area contributed by atoms with Crippen LogP contribution in [0.1, 0.15) is 39.1 Å². The van der Waals surface area contributed by atoms with Crippen molar-refractivity contribution in [1.29, 1.82) is 0 Å². The van der Waals surface area contributed by atoms with Crippen LogP contribution in [0.5, 0.6) is 0 Å². The van der Waals surface area contributed by atoms with Crippen molar-refractivity contribution in [3.05, 3.63) is 29.6 Å². The van der Waals surface area contributed by atoms with E-state index in [4.69, 9.17) is 4.74 Å². The molecule has 0 aliphatic carbocycles. The molecule has 0 bridgehead atoms. The Hall–Kier alpha value is -1.84. The minimum atomic E-state index is -0.248. The second-order valence-corrected chi connectivity index (χ2v) is 6.10. The van der Waals surface area contributed by atoms with Gasteiger partial charge in [-0.15, -0.1) is 0 Å². The van der Waals surface area contributed by atoms with Gasteiger partial charge in [-0.3, -0.25) is 4.79 Å². The molecule has 4 nitrogen and oxygen atoms in total. The number of nitrogens with zero attached hydrogens (tertiary/aromatic N) is 2. The fourth-order valence-electron chi connectivity index (χ4n) is 2.28. The van der Waals surface area contributed by atoms with Crippen LogP contribution in [0.3, 0.4) is 0 Å². The smallest absolute Gasteiger partial charge is 0.302 e. The molecule has 0 fully saturated rings. The number of benzene rings is 1. The maximum absolute atomic E-state index is 10.8. The second-order valence-electron chi connectivity index (χ2n) is 6.10. The van der Waals surface area contributed by atoms with E-state index in [9.17, 15) is 4.79 Å². The van der Waals surface area contributed by atoms with Gasteiger partial charge in [0.05, 0.1) is 17.6 Å². The molecule has 0 aliphatic rings. The standard InChI is InChI=1S/C16H22N2O2/c1-11-17-14-10-13(16(3,4)5)6-7-15(14)18(11)8-9-20-12(2)19/h6-7,10H,8-9H2,1-5H3. The van der Waals surface area contributed by atoms with Gasteiger partial charge in [-0.25, -0.2) is 4.98 Å². The molecule has 0 spiro atoms. The second kappa shape index (κ2) is 5.27. The lowest BCUT2D eigenvalue weighted by molar-refractivity contribution is -0.141. The Morgan fingerprint density at radius 1 is 1.35 bits per heavy atom. The number of carbonyl (C=O) groups is 1. The molecule has 0 aliphatic heterocycles. The van der Waals surface area contributed by atoms with E-state index in [1.54, 1.807) is 0 Å². The molecular weight excluding hydrogens is 252 g/mol. The van der Waals surface area contributed by atoms with Crippen LogP contribution < -0.4 is 0 Å². The fraction of sp³-hybridized carbons (Fsp3) is 0.500. The van der Waals surface area contributed by atoms with Crippen LogP contribution in [0.4, 0.5) is 0 Å². The van der Waals surface area contributed by atoms with Crippen molar-refractivity contribution in [3.63, 3.8) is 0 Å². The van der Waals surface area contributed by atoms with Gasteiger partial charge in [0, 0.05) is 6.92 Å². The summed E-state index contributed by atoms with van der Waals surface area (Å²) in [7, 11) is 0. The lowest BCUT2D eigenvalue weighted by atomic mass is 9.87. The van der Waals surface area contributed by atoms with Crippen LogP contribution in [0, 0.1) is 6.92 Å². The summed E-state index contributed by atoms with van der Waals surface area (Å²) in [5.74, 6) is 0.695. The van der Waals surface area contributed by atoms with E-state index < -0.39 is 0 Å². The molecule has 1 heterocycles. The van der Waals surface area contributed by atoms with Gasteiger partial charge in [-0.1, -0.05) is 26.8 Å². The van der Waals surface area contributed by atoms with Crippen molar-refractivity contribution in [2.75, 3.05) is 6.61 Å². The van der Waals surface area contributed by atoms with Crippen LogP contribution in [-0.4, -0.2) is 22.1 Å². The van der Waals surface area contributed by atoms with Crippen molar-refractivity contribution in [2.24, 2.45) is 0 Å². The predicted molar refractivity (Wildman–Crippen MR) is 79.8 cm³/mol. The molecule has 0 saturated carbocycles. The zero-order valence-corrected chi connectivity index (χ0v) is 12.9. The number of fused-ring (bicyclic) bond motifs is 1. The van der Waals surface area contributed by atoms with E-state index in [2.05, 4.69) is 48.5 Å². The third-order valence-electron chi connectivity index (χ3n) is 3.43. The van der Waals surface area contributed by atoms with Crippen LogP contribution in [0.2, 0.25) is 0 Å². The first kappa shape index (κ1) is 14.6. The number of rotatable bonds is 3. The molecule has 1 aromatic heterocycles. The van der Waals surface area contributed by atoms with E-state index in [1.165, 1.54) is 12.5 Å². The first-order valence-corrected chi connectivity index (χ1v) is 6.90. The molecule has 2 aromatic rings. The van der Waals surface area contributed by atoms with Gasteiger partial charge < -0.3 is 9.30 Å². The molecule has 20 heavy (non-hydrogen) atoms. The molecule has 1 aromatic carbocycles. The van der Waals surface area contributed by atoms with Gasteiger partial charge in [0.15, 0.2) is 0 Å². The average molecular weight is 274 g/mol. The average Bonchev–Trinajstić information content (AvgIpc) is 2.63. The minimum Gasteiger partial charge on any atom is -0.464 e. The third kappa shape index (κ3) is 3.00. The fourth-order valence-corrected chi connectivity index (χ4v) is 2.28. The Labute approximate surface area is 119 Å². The number of hydrogen-bond acceptors (Lipinski definition) is 3. The SMILES string of the molecule is CC(=O)OCCn1c(C)nc2cc(C(C)(C)C)ccc21. The number of hydrogen-bond donors (Lipinski definition) is 0. The highest BCUT2D eigenvalue weighted by Gasteiger charge is 2.16. The lowest BCUT2D eigenvalue weighted by Crippen LogP contribution is -2.11. The van der Waals surface area contributed by atoms with Gasteiger partial charge in [-0.05, 0) is 30.0 Å². The summed E-state index contributed by atoms with van der Waals surface area (Å²) in [5.41, 5.74) is 3.47. The highest BCUT2D eigenvalue weighted by Crippen LogP contribution is 2.26. The molecular formula is C16H22N2O2. The molecule has 0 N–H and O–H groups in total. The first-order valence-electron chi connectivity index (χ1n) is 6.90. The van der Waals surface area contributed by atoms with Crippen molar-refractivity contribution in [2.45, 2.75) is 46.6 Å². The molecule has 0 atom stereocenters. The zero-order valence-electron chi connectivity index (χ0n) is 12.9. The first-order chi connectivity index (χ1) is 9.29. The lowest BCUT2D eigenvalue weighted by Gasteiger charge is -2.18. The Morgan fingerprint density at radius 2 is 2.05 bits per heavy atom. The predicted octanol–water partition coefficient (Wildman–Crippen LogP) is 3.21. The number of esters is 1. The quantitative estimate of drug-likeness (QED) is 0.807. The largest absolute Gasteiger partial charge is 0.464 e. The molecule has 0 unspecified atom stereocenters. The van der Waals surface area contributed by atoms with E-state index in [0.717, 1.165) is 16.9 Å². The van der Waals surface area contributed by atoms with Crippen molar-refractivity contribution >= 4 is 17.0 Å². The molecule has 0 amide bonds. The maximum atomic E-state index is 10.8. The van der Waals surface area contributed by atoms with Crippen LogP contribution in [0.25, 0.3) is 11.0 Å². The number of imidazole rings is 1. The maximum Gasteiger partial charge on any atom is 0.302 e. The highest BCUT2D eigenvalue weighted by molar-refractivity contribution is 5.77. The third-order valence-corrected chi connectivity index (χ3v) is 3.43. The molecule has 0 saturated heterocycles. The van der Waals surface area contributed by atoms with Crippen molar-refractivity contribution in [3.8, 4) is 0 Å². The topological polar surface area (TPSA) is 44.1 Å². The van der Waals surface area contributed by atoms with Gasteiger partial charge in [0.25, 0.3) is 0 Å². The summed E-state index contributed by atoms with van der Waals surface area (Å²) >= 11 is 0. The minimum absolute atomic E-state index is 0.115. The molecule has 4 heteroatoms. The van der Waals surface area contributed by atoms with Crippen LogP contribution in [0.15, 0.2) is 18.2 Å². The normalized spacial score (nSPS) is 11.8. The molecule has 108 valence electrons. The summed E-state index contributed by atoms with van der Waals surface area (Å²) in [6, 6.07) is 6.39. The van der Waals surface area contributed by atoms with Crippen LogP contribution in [-0.2, 0) is 21.5 Å². The number of aromatic nitrogens is 2. The summed E-state index contributed by atoms with van der Waals surface area (Å²) < 4.78 is 7.10. The summed E-state index contributed by atoms with van der Waals surface area (Å²) in [6.45, 7) is 11.0. The molecule has 0 radical (unpaired) electrons. The Morgan fingerprint density at radius 3 is 2.65 bits per heavy atom. The summed E-state index contributed by atoms with van der Waals surface area (Å²) in [5, 5.41) is 0. The highest BCUT2D eigenvalue weighted by atomic mass is 16.5. The van der Waals surface area contributed by atoms with Crippen molar-refractivity contribution in [1.82, 2.24) is 9.55 Å². The monoisotopic (exact) mass is 274 g/mol. The Bertz CT molecular complexity index is 636. The number of aryl methyl sites for hydroxylation is 1. The molecule has 2 rings (SSSR count). The van der Waals surface area contributed by atoms with E-state index >= 15 is 0 Å². The summed E-state index contributed by atoms with van der Waals surface area (Å²) in [6.07, 6.45) is 0. The van der Waals surface area contributed by atoms with Gasteiger partial charge >= 0.3 is 5.97 Å². The van der Waals surface area contributed by atoms with Gasteiger partial charge in [0.1, 0.15) is 12.4 Å². The number of carbonyl (C=O) groups excluding carboxylic acids is 1. The van der Waals surface area contributed by atoms with Gasteiger partial charge in [-0.2, -0.15) is 0 Å². The summed E-state index contributed by atoms with van der Waals surface area (Å²) in [4.78, 5) is 15.4. The van der Waals surface area contributed by atoms with E-state index in [-0.39, 0.29) is 11.4 Å². The van der Waals surface area contributed by atoms with Gasteiger partial charge in [0.2, 0.25) is 0 Å². The number of ether oxygens (including phenoxy) is 1. The van der Waals surface area contributed by atoms with E-state index in [1.807, 2.05) is 6.92 Å². The van der Waals surface area contributed by atoms with Crippen LogP contribution >= 0.6 is 0 Å². The van der Waals surface area contributed by atoms with E-state index in [0.29, 0.717) is 13.2 Å². The van der Waals surface area contributed by atoms with Crippen molar-refractivity contribution < 1.29 is 9.53 Å².